The first-order valence-electron chi connectivity index (χ1n) is 9.18. The van der Waals surface area contributed by atoms with E-state index >= 15 is 0 Å². The lowest BCUT2D eigenvalue weighted by atomic mass is 9.83. The molecule has 0 atom stereocenters. The van der Waals surface area contributed by atoms with E-state index in [1.807, 2.05) is 51.1 Å². The minimum atomic E-state index is -0.856. The van der Waals surface area contributed by atoms with Gasteiger partial charge in [0.25, 0.3) is 0 Å². The molecule has 0 aliphatic rings. The zero-order chi connectivity index (χ0) is 20.9. The van der Waals surface area contributed by atoms with Crippen molar-refractivity contribution >= 4 is 5.97 Å². The number of tetrazole rings is 1. The molecule has 0 fully saturated rings. The molecule has 28 heavy (non-hydrogen) atoms. The number of nitrogens with one attached hydrogen (secondary N) is 1. The first kappa shape index (κ1) is 21.3. The van der Waals surface area contributed by atoms with Crippen LogP contribution in [0.5, 0.6) is 0 Å². The van der Waals surface area contributed by atoms with E-state index in [0.29, 0.717) is 11.4 Å². The molecule has 0 amide bonds. The van der Waals surface area contributed by atoms with Crippen molar-refractivity contribution < 1.29 is 9.90 Å². The molecule has 6 heteroatoms. The van der Waals surface area contributed by atoms with Crippen molar-refractivity contribution in [3.8, 4) is 11.4 Å². The van der Waals surface area contributed by atoms with Gasteiger partial charge >= 0.3 is 5.97 Å². The lowest BCUT2D eigenvalue weighted by Crippen LogP contribution is -2.16. The maximum absolute atomic E-state index is 10.9. The number of benzene rings is 2. The molecule has 3 rings (SSSR count). The second-order valence-electron chi connectivity index (χ2n) is 8.63. The second-order valence-corrected chi connectivity index (χ2v) is 8.63. The van der Waals surface area contributed by atoms with Gasteiger partial charge in [0.2, 0.25) is 5.82 Å². The van der Waals surface area contributed by atoms with Crippen LogP contribution in [0, 0.1) is 0 Å². The summed E-state index contributed by atoms with van der Waals surface area (Å²) in [5.74, 6) is -0.203. The van der Waals surface area contributed by atoms with Crippen molar-refractivity contribution in [3.63, 3.8) is 0 Å². The molecule has 0 saturated heterocycles. The number of rotatable bonds is 2. The summed E-state index contributed by atoms with van der Waals surface area (Å²) in [6.07, 6.45) is 0. The normalized spacial score (nSPS) is 11.5. The van der Waals surface area contributed by atoms with Gasteiger partial charge < -0.3 is 5.11 Å². The molecule has 0 aliphatic heterocycles. The Morgan fingerprint density at radius 1 is 0.857 bits per heavy atom. The molecule has 6 nitrogen and oxygen atoms in total. The first-order valence-corrected chi connectivity index (χ1v) is 9.18. The van der Waals surface area contributed by atoms with E-state index in [1.165, 1.54) is 5.56 Å². The van der Waals surface area contributed by atoms with Crippen LogP contribution in [-0.4, -0.2) is 31.7 Å². The van der Waals surface area contributed by atoms with Crippen molar-refractivity contribution in [3.05, 3.63) is 65.2 Å². The summed E-state index contributed by atoms with van der Waals surface area (Å²) >= 11 is 0. The predicted octanol–water partition coefficient (Wildman–Crippen LogP) is 4.85. The van der Waals surface area contributed by atoms with E-state index < -0.39 is 5.97 Å². The lowest BCUT2D eigenvalue weighted by molar-refractivity contribution is 0.0694. The van der Waals surface area contributed by atoms with E-state index in [1.54, 1.807) is 12.1 Å². The van der Waals surface area contributed by atoms with E-state index in [0.717, 1.165) is 11.1 Å². The molecular weight excluding hydrogens is 352 g/mol. The fraction of sp³-hybridized carbons (Fsp3) is 0.364. The lowest BCUT2D eigenvalue weighted by Gasteiger charge is -2.21. The van der Waals surface area contributed by atoms with E-state index in [-0.39, 0.29) is 10.8 Å². The van der Waals surface area contributed by atoms with Crippen LogP contribution >= 0.6 is 0 Å². The largest absolute Gasteiger partial charge is 0.478 e. The number of carboxylic acids is 1. The monoisotopic (exact) mass is 380 g/mol. The Labute approximate surface area is 166 Å². The fourth-order valence-electron chi connectivity index (χ4n) is 2.93. The Morgan fingerprint density at radius 3 is 1.86 bits per heavy atom. The Hall–Kier alpha value is -3.02. The van der Waals surface area contributed by atoms with Gasteiger partial charge in [0.1, 0.15) is 0 Å². The zero-order valence-electron chi connectivity index (χ0n) is 17.3. The molecule has 1 aromatic heterocycles. The van der Waals surface area contributed by atoms with Gasteiger partial charge in [-0.15, -0.1) is 10.2 Å². The number of aromatic nitrogens is 4. The van der Waals surface area contributed by atoms with Crippen molar-refractivity contribution in [1.82, 2.24) is 20.6 Å². The third kappa shape index (κ3) is 5.25. The van der Waals surface area contributed by atoms with Crippen LogP contribution in [0.15, 0.2) is 48.5 Å². The number of hydrogen-bond acceptors (Lipinski definition) is 4. The van der Waals surface area contributed by atoms with Crippen molar-refractivity contribution in [2.24, 2.45) is 0 Å². The van der Waals surface area contributed by atoms with Gasteiger partial charge in [-0.3, -0.25) is 0 Å². The van der Waals surface area contributed by atoms with Crippen LogP contribution in [0.4, 0.5) is 0 Å². The molecule has 0 radical (unpaired) electrons. The summed E-state index contributed by atoms with van der Waals surface area (Å²) in [6, 6.07) is 15.3. The van der Waals surface area contributed by atoms with Crippen LogP contribution in [-0.2, 0) is 10.8 Å². The quantitative estimate of drug-likeness (QED) is 0.663. The molecule has 1 heterocycles. The summed E-state index contributed by atoms with van der Waals surface area (Å²) in [5, 5.41) is 23.0. The number of nitrogens with zero attached hydrogens (tertiary/aromatic N) is 3. The van der Waals surface area contributed by atoms with Crippen LogP contribution in [0.25, 0.3) is 11.4 Å². The summed E-state index contributed by atoms with van der Waals surface area (Å²) in [4.78, 5) is 10.9. The van der Waals surface area contributed by atoms with E-state index in [9.17, 15) is 4.79 Å². The summed E-state index contributed by atoms with van der Waals surface area (Å²) in [7, 11) is 0. The van der Waals surface area contributed by atoms with Crippen LogP contribution in [0.2, 0.25) is 0 Å². The van der Waals surface area contributed by atoms with Gasteiger partial charge in [-0.1, -0.05) is 84.0 Å². The Balaban J connectivity index is 0.000000203. The highest BCUT2D eigenvalue weighted by Crippen LogP contribution is 2.30. The third-order valence-corrected chi connectivity index (χ3v) is 4.29. The maximum Gasteiger partial charge on any atom is 0.335 e. The molecule has 0 unspecified atom stereocenters. The van der Waals surface area contributed by atoms with Crippen LogP contribution in [0.1, 0.15) is 63.0 Å². The number of aromatic carboxylic acids is 1. The average molecular weight is 380 g/mol. The van der Waals surface area contributed by atoms with Gasteiger partial charge in [0.05, 0.1) is 5.56 Å². The van der Waals surface area contributed by atoms with Crippen molar-refractivity contribution in [2.75, 3.05) is 0 Å². The van der Waals surface area contributed by atoms with Gasteiger partial charge in [-0.2, -0.15) is 5.21 Å². The minimum Gasteiger partial charge on any atom is -0.478 e. The number of H-pyrrole nitrogens is 1. The second kappa shape index (κ2) is 8.33. The smallest absolute Gasteiger partial charge is 0.335 e. The highest BCUT2D eigenvalue weighted by Gasteiger charge is 2.21. The molecule has 2 aromatic carbocycles. The minimum absolute atomic E-state index is 0.0806. The highest BCUT2D eigenvalue weighted by molar-refractivity contribution is 5.89. The Morgan fingerprint density at radius 2 is 1.39 bits per heavy atom. The predicted molar refractivity (Wildman–Crippen MR) is 110 cm³/mol. The standard InChI is InChI=1S/C11H14N4.C11H14O2/c1-11(2,3)9-7-5-4-6-8(9)10-12-14-15-13-10;1-11(2,3)9-7-5-4-6-8(9)10(12)13/h4-7H,1-3H3,(H,12,13,14,15);4-7H,1-3H3,(H,12,13). The molecule has 0 spiro atoms. The maximum atomic E-state index is 10.9. The SMILES string of the molecule is CC(C)(C)c1ccccc1-c1nn[nH]n1.CC(C)(C)c1ccccc1C(=O)O. The highest BCUT2D eigenvalue weighted by atomic mass is 16.4. The van der Waals surface area contributed by atoms with Crippen LogP contribution in [0.3, 0.4) is 0 Å². The third-order valence-electron chi connectivity index (χ3n) is 4.29. The van der Waals surface area contributed by atoms with E-state index in [4.69, 9.17) is 5.11 Å². The van der Waals surface area contributed by atoms with Crippen LogP contribution < -0.4 is 0 Å². The van der Waals surface area contributed by atoms with Crippen molar-refractivity contribution in [1.29, 1.82) is 0 Å². The Bertz CT molecular complexity index is 920. The van der Waals surface area contributed by atoms with Gasteiger partial charge in [0, 0.05) is 5.56 Å². The number of hydrogen-bond donors (Lipinski definition) is 2. The molecule has 0 saturated carbocycles. The number of carbonyl (C=O) groups is 1. The zero-order valence-corrected chi connectivity index (χ0v) is 17.3. The first-order chi connectivity index (χ1) is 13.0. The molecular formula is C22H28N4O2. The van der Waals surface area contributed by atoms with Gasteiger partial charge in [0.15, 0.2) is 0 Å². The summed E-state index contributed by atoms with van der Waals surface area (Å²) in [5.41, 5.74) is 3.51. The average Bonchev–Trinajstić information content (AvgIpc) is 3.15. The summed E-state index contributed by atoms with van der Waals surface area (Å²) < 4.78 is 0. The molecule has 2 N–H and O–H groups in total. The molecule has 148 valence electrons. The molecule has 0 aliphatic carbocycles. The fourth-order valence-corrected chi connectivity index (χ4v) is 2.93. The van der Waals surface area contributed by atoms with Gasteiger partial charge in [-0.05, 0) is 33.2 Å². The van der Waals surface area contributed by atoms with Crippen molar-refractivity contribution in [2.45, 2.75) is 52.4 Å². The number of carboxylic acid groups (broad SMARTS) is 1. The number of aromatic amines is 1. The topological polar surface area (TPSA) is 91.8 Å². The Kier molecular flexibility index (Phi) is 6.33. The van der Waals surface area contributed by atoms with E-state index in [2.05, 4.69) is 47.5 Å². The molecule has 0 bridgehead atoms. The summed E-state index contributed by atoms with van der Waals surface area (Å²) in [6.45, 7) is 12.5. The molecule has 3 aromatic rings. The van der Waals surface area contributed by atoms with Gasteiger partial charge in [-0.25, -0.2) is 4.79 Å².